The molecule has 8 heteroatoms. The Balaban J connectivity index is 1.70. The Labute approximate surface area is 157 Å². The number of hydrogen-bond acceptors (Lipinski definition) is 3. The molecule has 0 fully saturated rings. The largest absolute Gasteiger partial charge is 0.489 e. The van der Waals surface area contributed by atoms with E-state index >= 15 is 0 Å². The second-order valence-corrected chi connectivity index (χ2v) is 5.66. The van der Waals surface area contributed by atoms with E-state index in [1.54, 1.807) is 24.3 Å². The van der Waals surface area contributed by atoms with E-state index < -0.39 is 34.8 Å². The summed E-state index contributed by atoms with van der Waals surface area (Å²) in [7, 11) is 0. The summed E-state index contributed by atoms with van der Waals surface area (Å²) in [6.07, 6.45) is 1.16. The number of rotatable bonds is 6. The predicted molar refractivity (Wildman–Crippen MR) is 94.7 cm³/mol. The third-order valence-electron chi connectivity index (χ3n) is 3.71. The molecule has 0 aliphatic rings. The average molecular weight is 392 g/mol. The number of halogens is 5. The molecule has 0 aliphatic carbocycles. The number of hydrazone groups is 1. The Morgan fingerprint density at radius 1 is 0.786 bits per heavy atom. The number of nitrogens with zero attached hydrogens (tertiary/aromatic N) is 1. The van der Waals surface area contributed by atoms with Crippen molar-refractivity contribution in [3.05, 3.63) is 94.8 Å². The molecule has 28 heavy (non-hydrogen) atoms. The highest BCUT2D eigenvalue weighted by atomic mass is 19.2. The molecule has 0 aromatic heterocycles. The molecular weight excluding hydrogens is 379 g/mol. The fourth-order valence-corrected chi connectivity index (χ4v) is 2.30. The second-order valence-electron chi connectivity index (χ2n) is 5.66. The van der Waals surface area contributed by atoms with E-state index in [1.165, 1.54) is 0 Å². The molecule has 0 bridgehead atoms. The minimum atomic E-state index is -2.23. The van der Waals surface area contributed by atoms with Crippen molar-refractivity contribution in [2.24, 2.45) is 5.10 Å². The van der Waals surface area contributed by atoms with Gasteiger partial charge in [-0.25, -0.2) is 22.0 Å². The fraction of sp³-hybridized carbons (Fsp3) is 0.0500. The number of anilines is 1. The van der Waals surface area contributed by atoms with Crippen molar-refractivity contribution in [1.29, 1.82) is 0 Å². The predicted octanol–water partition coefficient (Wildman–Crippen LogP) is 5.41. The van der Waals surface area contributed by atoms with Crippen LogP contribution in [0.4, 0.5) is 27.6 Å². The highest BCUT2D eigenvalue weighted by molar-refractivity contribution is 5.80. The van der Waals surface area contributed by atoms with Gasteiger partial charge in [-0.1, -0.05) is 42.5 Å². The zero-order valence-electron chi connectivity index (χ0n) is 14.2. The molecule has 0 radical (unpaired) electrons. The zero-order valence-corrected chi connectivity index (χ0v) is 14.2. The molecule has 3 nitrogen and oxygen atoms in total. The van der Waals surface area contributed by atoms with Crippen LogP contribution < -0.4 is 10.2 Å². The topological polar surface area (TPSA) is 33.6 Å². The Bertz CT molecular complexity index is 980. The lowest BCUT2D eigenvalue weighted by Gasteiger charge is -2.08. The molecule has 0 saturated heterocycles. The molecule has 0 amide bonds. The normalized spacial score (nSPS) is 11.0. The summed E-state index contributed by atoms with van der Waals surface area (Å²) in [5.41, 5.74) is 2.07. The molecule has 3 aromatic carbocycles. The van der Waals surface area contributed by atoms with Gasteiger partial charge in [-0.2, -0.15) is 5.10 Å². The summed E-state index contributed by atoms with van der Waals surface area (Å²) in [6.45, 7) is 0.338. The molecule has 0 unspecified atom stereocenters. The van der Waals surface area contributed by atoms with E-state index in [2.05, 4.69) is 5.10 Å². The molecule has 0 saturated carbocycles. The monoisotopic (exact) mass is 392 g/mol. The number of hydrogen-bond donors (Lipinski definition) is 1. The van der Waals surface area contributed by atoms with Crippen molar-refractivity contribution in [2.45, 2.75) is 6.61 Å². The van der Waals surface area contributed by atoms with Crippen LogP contribution in [0, 0.1) is 29.1 Å². The Morgan fingerprint density at radius 2 is 1.43 bits per heavy atom. The highest BCUT2D eigenvalue weighted by Gasteiger charge is 2.25. The van der Waals surface area contributed by atoms with Crippen LogP contribution >= 0.6 is 0 Å². The van der Waals surface area contributed by atoms with E-state index in [4.69, 9.17) is 4.74 Å². The molecular formula is C20H13F5N2O. The number of benzene rings is 3. The van der Waals surface area contributed by atoms with Gasteiger partial charge < -0.3 is 4.74 Å². The first-order chi connectivity index (χ1) is 13.5. The standard InChI is InChI=1S/C20H13F5N2O/c21-15-16(22)18(24)20(19(25)17(15)23)27-26-10-13-7-4-8-14(9-13)28-11-12-5-2-1-3-6-12/h1-10,27H,11H2. The number of ether oxygens (including phenoxy) is 1. The van der Waals surface area contributed by atoms with E-state index in [0.717, 1.165) is 11.8 Å². The maximum atomic E-state index is 13.6. The van der Waals surface area contributed by atoms with Crippen LogP contribution in [0.3, 0.4) is 0 Å². The second kappa shape index (κ2) is 8.51. The van der Waals surface area contributed by atoms with E-state index in [1.807, 2.05) is 35.8 Å². The Morgan fingerprint density at radius 3 is 2.11 bits per heavy atom. The van der Waals surface area contributed by atoms with Crippen LogP contribution in [-0.4, -0.2) is 6.21 Å². The molecule has 3 rings (SSSR count). The van der Waals surface area contributed by atoms with Gasteiger partial charge >= 0.3 is 0 Å². The van der Waals surface area contributed by atoms with Crippen molar-refractivity contribution >= 4 is 11.9 Å². The molecule has 144 valence electrons. The average Bonchev–Trinajstić information content (AvgIpc) is 2.73. The van der Waals surface area contributed by atoms with Gasteiger partial charge in [0.05, 0.1) is 6.21 Å². The molecule has 0 spiro atoms. The van der Waals surface area contributed by atoms with Crippen molar-refractivity contribution < 1.29 is 26.7 Å². The highest BCUT2D eigenvalue weighted by Crippen LogP contribution is 2.27. The van der Waals surface area contributed by atoms with Crippen LogP contribution in [0.5, 0.6) is 5.75 Å². The first-order valence-corrected chi connectivity index (χ1v) is 8.04. The van der Waals surface area contributed by atoms with Crippen molar-refractivity contribution in [3.63, 3.8) is 0 Å². The quantitative estimate of drug-likeness (QED) is 0.200. The van der Waals surface area contributed by atoms with Crippen LogP contribution in [0.25, 0.3) is 0 Å². The first-order valence-electron chi connectivity index (χ1n) is 8.04. The van der Waals surface area contributed by atoms with Crippen molar-refractivity contribution in [2.75, 3.05) is 5.43 Å². The Kier molecular flexibility index (Phi) is 5.88. The lowest BCUT2D eigenvalue weighted by atomic mass is 10.2. The van der Waals surface area contributed by atoms with Crippen molar-refractivity contribution in [1.82, 2.24) is 0 Å². The molecule has 1 N–H and O–H groups in total. The third-order valence-corrected chi connectivity index (χ3v) is 3.71. The van der Waals surface area contributed by atoms with Crippen LogP contribution in [0.15, 0.2) is 59.7 Å². The summed E-state index contributed by atoms with van der Waals surface area (Å²) in [4.78, 5) is 0. The molecule has 3 aromatic rings. The molecule has 0 heterocycles. The summed E-state index contributed by atoms with van der Waals surface area (Å²) in [5, 5.41) is 3.54. The van der Waals surface area contributed by atoms with Gasteiger partial charge in [-0.3, -0.25) is 5.43 Å². The summed E-state index contributed by atoms with van der Waals surface area (Å²) >= 11 is 0. The number of nitrogens with one attached hydrogen (secondary N) is 1. The van der Waals surface area contributed by atoms with Gasteiger partial charge in [-0.15, -0.1) is 0 Å². The lowest BCUT2D eigenvalue weighted by Crippen LogP contribution is -2.06. The van der Waals surface area contributed by atoms with Gasteiger partial charge in [0.25, 0.3) is 0 Å². The molecule has 0 aliphatic heterocycles. The van der Waals surface area contributed by atoms with Gasteiger partial charge in [-0.05, 0) is 23.3 Å². The first kappa shape index (κ1) is 19.3. The van der Waals surface area contributed by atoms with E-state index in [-0.39, 0.29) is 0 Å². The summed E-state index contributed by atoms with van der Waals surface area (Å²) in [5.74, 6) is -9.79. The van der Waals surface area contributed by atoms with Gasteiger partial charge in [0.15, 0.2) is 23.3 Å². The zero-order chi connectivity index (χ0) is 20.1. The molecule has 0 atom stereocenters. The summed E-state index contributed by atoms with van der Waals surface area (Å²) < 4.78 is 72.1. The Hall–Kier alpha value is -3.42. The maximum Gasteiger partial charge on any atom is 0.200 e. The van der Waals surface area contributed by atoms with Crippen LogP contribution in [-0.2, 0) is 6.61 Å². The lowest BCUT2D eigenvalue weighted by molar-refractivity contribution is 0.306. The van der Waals surface area contributed by atoms with E-state index in [9.17, 15) is 22.0 Å². The van der Waals surface area contributed by atoms with Gasteiger partial charge in [0, 0.05) is 0 Å². The fourth-order valence-electron chi connectivity index (χ4n) is 2.30. The maximum absolute atomic E-state index is 13.6. The SMILES string of the molecule is Fc1c(F)c(F)c(NN=Cc2cccc(OCc3ccccc3)c2)c(F)c1F. The van der Waals surface area contributed by atoms with Gasteiger partial charge in [0.2, 0.25) is 5.82 Å². The van der Waals surface area contributed by atoms with Crippen LogP contribution in [0.2, 0.25) is 0 Å². The third kappa shape index (κ3) is 4.28. The summed E-state index contributed by atoms with van der Waals surface area (Å²) in [6, 6.07) is 16.1. The van der Waals surface area contributed by atoms with Crippen LogP contribution in [0.1, 0.15) is 11.1 Å². The minimum absolute atomic E-state index is 0.338. The van der Waals surface area contributed by atoms with E-state index in [0.29, 0.717) is 17.9 Å². The minimum Gasteiger partial charge on any atom is -0.489 e. The van der Waals surface area contributed by atoms with Crippen molar-refractivity contribution in [3.8, 4) is 5.75 Å². The van der Waals surface area contributed by atoms with Gasteiger partial charge in [0.1, 0.15) is 18.0 Å². The smallest absolute Gasteiger partial charge is 0.200 e.